The highest BCUT2D eigenvalue weighted by Crippen LogP contribution is 2.25. The van der Waals surface area contributed by atoms with Crippen LogP contribution in [0, 0.1) is 5.82 Å². The molecule has 1 N–H and O–H groups in total. The van der Waals surface area contributed by atoms with E-state index in [4.69, 9.17) is 9.47 Å². The van der Waals surface area contributed by atoms with E-state index >= 15 is 0 Å². The molecule has 0 aromatic heterocycles. The molecule has 0 aliphatic heterocycles. The lowest BCUT2D eigenvalue weighted by molar-refractivity contribution is -0.119. The molecule has 4 aromatic carbocycles. The van der Waals surface area contributed by atoms with Crippen LogP contribution in [-0.4, -0.2) is 27.5 Å². The number of nitrogens with zero attached hydrogens (tertiary/aromatic N) is 1. The second kappa shape index (κ2) is 12.9. The number of hydrogen-bond acceptors (Lipinski definition) is 5. The predicted molar refractivity (Wildman–Crippen MR) is 148 cm³/mol. The van der Waals surface area contributed by atoms with Crippen LogP contribution in [0.15, 0.2) is 108 Å². The Morgan fingerprint density at radius 1 is 0.795 bits per heavy atom. The standard InChI is InChI=1S/C30H29FN2O5S/c1-2-37-27-16-18-29(19-17-27)39(35,36)33(26-6-4-3-5-7-26)21-30(34)32-20-23-10-14-28(15-11-23)38-22-24-8-12-25(31)13-9-24/h3-19H,2,20-22H2,1H3,(H,32,34). The van der Waals surface area contributed by atoms with Gasteiger partial charge in [-0.15, -0.1) is 0 Å². The van der Waals surface area contributed by atoms with Crippen LogP contribution in [0.5, 0.6) is 11.5 Å². The number of carbonyl (C=O) groups excluding carboxylic acids is 1. The Labute approximate surface area is 227 Å². The zero-order valence-electron chi connectivity index (χ0n) is 21.4. The highest BCUT2D eigenvalue weighted by atomic mass is 32.2. The normalized spacial score (nSPS) is 11.0. The molecule has 0 heterocycles. The van der Waals surface area contributed by atoms with Gasteiger partial charge in [0.2, 0.25) is 5.91 Å². The summed E-state index contributed by atoms with van der Waals surface area (Å²) in [7, 11) is -4.02. The molecule has 0 fully saturated rings. The number of hydrogen-bond donors (Lipinski definition) is 1. The first-order valence-corrected chi connectivity index (χ1v) is 13.8. The molecule has 0 atom stereocenters. The molecule has 0 bridgehead atoms. The first-order chi connectivity index (χ1) is 18.8. The van der Waals surface area contributed by atoms with Crippen molar-refractivity contribution >= 4 is 21.6 Å². The third-order valence-electron chi connectivity index (χ3n) is 5.79. The fraction of sp³-hybridized carbons (Fsp3) is 0.167. The smallest absolute Gasteiger partial charge is 0.264 e. The summed E-state index contributed by atoms with van der Waals surface area (Å²) >= 11 is 0. The number of benzene rings is 4. The fourth-order valence-electron chi connectivity index (χ4n) is 3.75. The average molecular weight is 549 g/mol. The Morgan fingerprint density at radius 3 is 2.03 bits per heavy atom. The number of ether oxygens (including phenoxy) is 2. The average Bonchev–Trinajstić information content (AvgIpc) is 2.96. The maximum Gasteiger partial charge on any atom is 0.264 e. The highest BCUT2D eigenvalue weighted by Gasteiger charge is 2.27. The van der Waals surface area contributed by atoms with Crippen molar-refractivity contribution in [3.8, 4) is 11.5 Å². The maximum absolute atomic E-state index is 13.5. The van der Waals surface area contributed by atoms with E-state index in [0.717, 1.165) is 15.4 Å². The largest absolute Gasteiger partial charge is 0.494 e. The first-order valence-electron chi connectivity index (χ1n) is 12.4. The molecular weight excluding hydrogens is 519 g/mol. The predicted octanol–water partition coefficient (Wildman–Crippen LogP) is 5.32. The lowest BCUT2D eigenvalue weighted by Gasteiger charge is -2.24. The van der Waals surface area contributed by atoms with Gasteiger partial charge in [-0.2, -0.15) is 0 Å². The number of amides is 1. The molecule has 4 aromatic rings. The van der Waals surface area contributed by atoms with Crippen LogP contribution >= 0.6 is 0 Å². The van der Waals surface area contributed by atoms with Crippen molar-refractivity contribution < 1.29 is 27.1 Å². The molecule has 7 nitrogen and oxygen atoms in total. The summed E-state index contributed by atoms with van der Waals surface area (Å²) < 4.78 is 52.3. The van der Waals surface area contributed by atoms with Crippen molar-refractivity contribution in [3.05, 3.63) is 120 Å². The van der Waals surface area contributed by atoms with Crippen LogP contribution in [0.1, 0.15) is 18.1 Å². The number of nitrogens with one attached hydrogen (secondary N) is 1. The van der Waals surface area contributed by atoms with Crippen molar-refractivity contribution in [2.45, 2.75) is 25.0 Å². The Hall–Kier alpha value is -4.37. The number of rotatable bonds is 12. The molecule has 0 spiro atoms. The summed E-state index contributed by atoms with van der Waals surface area (Å²) in [5, 5.41) is 2.79. The number of para-hydroxylation sites is 1. The minimum Gasteiger partial charge on any atom is -0.494 e. The molecular formula is C30H29FN2O5S. The van der Waals surface area contributed by atoms with Crippen LogP contribution < -0.4 is 19.1 Å². The third-order valence-corrected chi connectivity index (χ3v) is 7.57. The summed E-state index contributed by atoms with van der Waals surface area (Å²) in [5.41, 5.74) is 2.04. The molecule has 0 aliphatic rings. The van der Waals surface area contributed by atoms with Crippen molar-refractivity contribution in [2.75, 3.05) is 17.5 Å². The van der Waals surface area contributed by atoms with E-state index in [1.165, 1.54) is 24.3 Å². The van der Waals surface area contributed by atoms with Gasteiger partial charge in [0.15, 0.2) is 0 Å². The van der Waals surface area contributed by atoms with E-state index in [1.54, 1.807) is 66.7 Å². The Bertz CT molecular complexity index is 1460. The Kier molecular flexibility index (Phi) is 9.17. The summed E-state index contributed by atoms with van der Waals surface area (Å²) in [6, 6.07) is 27.9. The second-order valence-corrected chi connectivity index (χ2v) is 10.4. The number of halogens is 1. The minimum atomic E-state index is -4.02. The number of sulfonamides is 1. The van der Waals surface area contributed by atoms with Gasteiger partial charge >= 0.3 is 0 Å². The van der Waals surface area contributed by atoms with Gasteiger partial charge in [0.25, 0.3) is 10.0 Å². The molecule has 39 heavy (non-hydrogen) atoms. The van der Waals surface area contributed by atoms with Gasteiger partial charge in [-0.05, 0) is 78.7 Å². The Morgan fingerprint density at radius 2 is 1.38 bits per heavy atom. The molecule has 202 valence electrons. The van der Waals surface area contributed by atoms with Gasteiger partial charge in [-0.3, -0.25) is 9.10 Å². The third kappa shape index (κ3) is 7.58. The van der Waals surface area contributed by atoms with Crippen LogP contribution in [0.4, 0.5) is 10.1 Å². The second-order valence-electron chi connectivity index (χ2n) is 8.59. The topological polar surface area (TPSA) is 84.9 Å². The lowest BCUT2D eigenvalue weighted by Crippen LogP contribution is -2.40. The lowest BCUT2D eigenvalue weighted by atomic mass is 10.2. The molecule has 9 heteroatoms. The van der Waals surface area contributed by atoms with E-state index in [1.807, 2.05) is 19.1 Å². The molecule has 4 rings (SSSR count). The summed E-state index contributed by atoms with van der Waals surface area (Å²) in [6.07, 6.45) is 0. The number of anilines is 1. The molecule has 0 saturated carbocycles. The van der Waals surface area contributed by atoms with Gasteiger partial charge in [0, 0.05) is 6.54 Å². The quantitative estimate of drug-likeness (QED) is 0.259. The van der Waals surface area contributed by atoms with Crippen molar-refractivity contribution in [2.24, 2.45) is 0 Å². The van der Waals surface area contributed by atoms with Crippen molar-refractivity contribution in [1.29, 1.82) is 0 Å². The molecule has 0 radical (unpaired) electrons. The van der Waals surface area contributed by atoms with Crippen LogP contribution in [-0.2, 0) is 28.0 Å². The van der Waals surface area contributed by atoms with Crippen molar-refractivity contribution in [1.82, 2.24) is 5.32 Å². The minimum absolute atomic E-state index is 0.0545. The van der Waals surface area contributed by atoms with Gasteiger partial charge in [0.1, 0.15) is 30.5 Å². The van der Waals surface area contributed by atoms with E-state index in [9.17, 15) is 17.6 Å². The van der Waals surface area contributed by atoms with Gasteiger partial charge < -0.3 is 14.8 Å². The molecule has 0 unspecified atom stereocenters. The SMILES string of the molecule is CCOc1ccc(S(=O)(=O)N(CC(=O)NCc2ccc(OCc3ccc(F)cc3)cc2)c2ccccc2)cc1. The van der Waals surface area contributed by atoms with Gasteiger partial charge in [-0.1, -0.05) is 42.5 Å². The van der Waals surface area contributed by atoms with Crippen LogP contribution in [0.25, 0.3) is 0 Å². The fourth-order valence-corrected chi connectivity index (χ4v) is 5.17. The summed E-state index contributed by atoms with van der Waals surface area (Å²) in [5.74, 6) is 0.439. The van der Waals surface area contributed by atoms with E-state index in [0.29, 0.717) is 30.4 Å². The monoisotopic (exact) mass is 548 g/mol. The van der Waals surface area contributed by atoms with Gasteiger partial charge in [0.05, 0.1) is 17.2 Å². The zero-order valence-corrected chi connectivity index (χ0v) is 22.2. The molecule has 0 saturated heterocycles. The van der Waals surface area contributed by atoms with E-state index in [-0.39, 0.29) is 17.3 Å². The van der Waals surface area contributed by atoms with Crippen LogP contribution in [0.3, 0.4) is 0 Å². The summed E-state index contributed by atoms with van der Waals surface area (Å²) in [4.78, 5) is 12.9. The zero-order chi connectivity index (χ0) is 27.7. The maximum atomic E-state index is 13.5. The molecule has 1 amide bonds. The van der Waals surface area contributed by atoms with Crippen LogP contribution in [0.2, 0.25) is 0 Å². The highest BCUT2D eigenvalue weighted by molar-refractivity contribution is 7.92. The molecule has 0 aliphatic carbocycles. The van der Waals surface area contributed by atoms with E-state index < -0.39 is 22.5 Å². The first kappa shape index (κ1) is 27.7. The number of carbonyl (C=O) groups is 1. The summed E-state index contributed by atoms with van der Waals surface area (Å²) in [6.45, 7) is 2.43. The van der Waals surface area contributed by atoms with E-state index in [2.05, 4.69) is 5.32 Å². The van der Waals surface area contributed by atoms with Gasteiger partial charge in [-0.25, -0.2) is 12.8 Å². The Balaban J connectivity index is 1.39. The van der Waals surface area contributed by atoms with Crippen molar-refractivity contribution in [3.63, 3.8) is 0 Å².